The largest absolute Gasteiger partial charge is 0.324 e. The third kappa shape index (κ3) is 4.26. The molecule has 158 valence electrons. The number of nitrogens with one attached hydrogen (secondary N) is 2. The molecule has 2 aromatic heterocycles. The van der Waals surface area contributed by atoms with Gasteiger partial charge in [0.1, 0.15) is 11.7 Å². The first kappa shape index (κ1) is 20.4. The van der Waals surface area contributed by atoms with E-state index in [1.54, 1.807) is 11.3 Å². The molecule has 0 amide bonds. The highest BCUT2D eigenvalue weighted by Crippen LogP contribution is 2.30. The minimum Gasteiger partial charge on any atom is -0.324 e. The molecule has 32 heavy (non-hydrogen) atoms. The molecular formula is C24H20ClN6S+. The van der Waals surface area contributed by atoms with Crippen molar-refractivity contribution >= 4 is 56.4 Å². The number of hydrogen-bond acceptors (Lipinski definition) is 6. The van der Waals surface area contributed by atoms with E-state index in [1.807, 2.05) is 42.5 Å². The van der Waals surface area contributed by atoms with Crippen molar-refractivity contribution in [3.63, 3.8) is 0 Å². The summed E-state index contributed by atoms with van der Waals surface area (Å²) < 4.78 is 3.51. The first-order chi connectivity index (χ1) is 15.5. The number of aryl methyl sites for hydroxylation is 2. The van der Waals surface area contributed by atoms with Crippen molar-refractivity contribution in [3.8, 4) is 10.6 Å². The van der Waals surface area contributed by atoms with Gasteiger partial charge in [0.2, 0.25) is 22.7 Å². The Labute approximate surface area is 194 Å². The van der Waals surface area contributed by atoms with Crippen molar-refractivity contribution < 1.29 is 4.57 Å². The molecule has 0 saturated heterocycles. The number of anilines is 4. The van der Waals surface area contributed by atoms with Gasteiger partial charge in [-0.15, -0.1) is 0 Å². The summed E-state index contributed by atoms with van der Waals surface area (Å²) >= 11 is 7.90. The lowest BCUT2D eigenvalue weighted by molar-refractivity contribution is -0.629. The minimum absolute atomic E-state index is 0.116. The third-order valence-electron chi connectivity index (χ3n) is 5.01. The molecule has 2 heterocycles. The SMILES string of the molecule is Cc1ccc2c(c1)sc(-c1ccc(Nc3nc(Cl)nc(Nc4ccccc4)n3)cc1)[n+]2C. The number of aromatic nitrogens is 4. The van der Waals surface area contributed by atoms with E-state index in [9.17, 15) is 0 Å². The van der Waals surface area contributed by atoms with Crippen molar-refractivity contribution in [1.29, 1.82) is 0 Å². The van der Waals surface area contributed by atoms with Gasteiger partial charge in [0.05, 0.1) is 5.56 Å². The number of para-hydroxylation sites is 1. The fraction of sp³-hybridized carbons (Fsp3) is 0.0833. The van der Waals surface area contributed by atoms with Gasteiger partial charge in [-0.25, -0.2) is 0 Å². The van der Waals surface area contributed by atoms with E-state index in [4.69, 9.17) is 11.6 Å². The Bertz CT molecular complexity index is 1400. The predicted molar refractivity (Wildman–Crippen MR) is 131 cm³/mol. The summed E-state index contributed by atoms with van der Waals surface area (Å²) in [6.45, 7) is 2.12. The molecule has 8 heteroatoms. The van der Waals surface area contributed by atoms with E-state index >= 15 is 0 Å². The zero-order chi connectivity index (χ0) is 22.1. The van der Waals surface area contributed by atoms with Crippen LogP contribution in [0.1, 0.15) is 5.56 Å². The van der Waals surface area contributed by atoms with E-state index in [1.165, 1.54) is 20.8 Å². The molecule has 5 aromatic rings. The molecule has 3 aromatic carbocycles. The Morgan fingerprint density at radius 2 is 1.47 bits per heavy atom. The fourth-order valence-corrected chi connectivity index (χ4v) is 4.86. The van der Waals surface area contributed by atoms with Crippen molar-refractivity contribution in [2.24, 2.45) is 7.05 Å². The lowest BCUT2D eigenvalue weighted by Gasteiger charge is -2.08. The lowest BCUT2D eigenvalue weighted by Crippen LogP contribution is -2.28. The zero-order valence-corrected chi connectivity index (χ0v) is 19.1. The number of rotatable bonds is 5. The second kappa shape index (κ2) is 8.53. The highest BCUT2D eigenvalue weighted by atomic mass is 35.5. The van der Waals surface area contributed by atoms with Crippen LogP contribution in [0.2, 0.25) is 5.28 Å². The lowest BCUT2D eigenvalue weighted by atomic mass is 10.2. The molecule has 5 rings (SSSR count). The Balaban J connectivity index is 1.38. The summed E-state index contributed by atoms with van der Waals surface area (Å²) in [6.07, 6.45) is 0. The van der Waals surface area contributed by atoms with Crippen LogP contribution in [-0.2, 0) is 7.05 Å². The number of thiazole rings is 1. The molecule has 0 fully saturated rings. The van der Waals surface area contributed by atoms with Gasteiger partial charge in [0, 0.05) is 17.4 Å². The summed E-state index contributed by atoms with van der Waals surface area (Å²) in [6, 6.07) is 24.4. The van der Waals surface area contributed by atoms with E-state index in [0.717, 1.165) is 16.9 Å². The summed E-state index contributed by atoms with van der Waals surface area (Å²) in [4.78, 5) is 12.8. The minimum atomic E-state index is 0.116. The topological polar surface area (TPSA) is 66.6 Å². The molecule has 0 aliphatic carbocycles. The molecule has 6 nitrogen and oxygen atoms in total. The zero-order valence-electron chi connectivity index (χ0n) is 17.5. The van der Waals surface area contributed by atoms with Gasteiger partial charge in [0.15, 0.2) is 0 Å². The van der Waals surface area contributed by atoms with Crippen molar-refractivity contribution in [2.45, 2.75) is 6.92 Å². The average Bonchev–Trinajstić information content (AvgIpc) is 3.10. The normalized spacial score (nSPS) is 11.0. The maximum absolute atomic E-state index is 6.11. The average molecular weight is 460 g/mol. The standard InChI is InChI=1S/C24H19ClN6S/c1-15-8-13-19-20(14-15)32-21(31(19)2)16-9-11-18(12-10-16)27-24-29-22(25)28-23(30-24)26-17-6-4-3-5-7-17/h3-14H,1-2H3,(H,26,28,29,30)/p+1. The van der Waals surface area contributed by atoms with Crippen LogP contribution >= 0.6 is 22.9 Å². The number of hydrogen-bond donors (Lipinski definition) is 2. The Kier molecular flexibility index (Phi) is 5.43. The number of benzene rings is 3. The maximum atomic E-state index is 6.11. The molecule has 0 saturated carbocycles. The van der Waals surface area contributed by atoms with Crippen molar-refractivity contribution in [3.05, 3.63) is 83.6 Å². The summed E-state index contributed by atoms with van der Waals surface area (Å²) in [7, 11) is 2.10. The van der Waals surface area contributed by atoms with E-state index in [-0.39, 0.29) is 5.28 Å². The van der Waals surface area contributed by atoms with Crippen LogP contribution < -0.4 is 15.2 Å². The monoisotopic (exact) mass is 459 g/mol. The fourth-order valence-electron chi connectivity index (χ4n) is 3.45. The maximum Gasteiger partial charge on any atom is 0.269 e. The van der Waals surface area contributed by atoms with Crippen LogP contribution in [0.5, 0.6) is 0 Å². The molecule has 2 N–H and O–H groups in total. The quantitative estimate of drug-likeness (QED) is 0.314. The summed E-state index contributed by atoms with van der Waals surface area (Å²) in [5, 5.41) is 7.66. The Morgan fingerprint density at radius 1 is 0.812 bits per heavy atom. The molecule has 0 aliphatic rings. The smallest absolute Gasteiger partial charge is 0.269 e. The highest BCUT2D eigenvalue weighted by Gasteiger charge is 2.18. The number of nitrogens with zero attached hydrogens (tertiary/aromatic N) is 4. The van der Waals surface area contributed by atoms with Crippen LogP contribution in [0.15, 0.2) is 72.8 Å². The van der Waals surface area contributed by atoms with E-state index in [0.29, 0.717) is 11.9 Å². The molecule has 0 aliphatic heterocycles. The first-order valence-corrected chi connectivity index (χ1v) is 11.2. The predicted octanol–water partition coefficient (Wildman–Crippen LogP) is 6.03. The van der Waals surface area contributed by atoms with Crippen LogP contribution in [-0.4, -0.2) is 15.0 Å². The van der Waals surface area contributed by atoms with E-state index < -0.39 is 0 Å². The first-order valence-electron chi connectivity index (χ1n) is 10.1. The van der Waals surface area contributed by atoms with Crippen molar-refractivity contribution in [2.75, 3.05) is 10.6 Å². The third-order valence-corrected chi connectivity index (χ3v) is 6.43. The van der Waals surface area contributed by atoms with E-state index in [2.05, 4.69) is 74.5 Å². The van der Waals surface area contributed by atoms with Gasteiger partial charge in [-0.05, 0) is 66.6 Å². The summed E-state index contributed by atoms with van der Waals surface area (Å²) in [5.41, 5.74) is 5.38. The van der Waals surface area contributed by atoms with Crippen LogP contribution in [0.3, 0.4) is 0 Å². The van der Waals surface area contributed by atoms with Gasteiger partial charge in [-0.3, -0.25) is 0 Å². The molecule has 0 unspecified atom stereocenters. The Morgan fingerprint density at radius 3 is 2.16 bits per heavy atom. The van der Waals surface area contributed by atoms with Crippen LogP contribution in [0, 0.1) is 6.92 Å². The van der Waals surface area contributed by atoms with Gasteiger partial charge in [-0.2, -0.15) is 19.5 Å². The second-order valence-electron chi connectivity index (χ2n) is 7.38. The molecular weight excluding hydrogens is 440 g/mol. The van der Waals surface area contributed by atoms with Gasteiger partial charge >= 0.3 is 0 Å². The second-order valence-corrected chi connectivity index (χ2v) is 8.75. The highest BCUT2D eigenvalue weighted by molar-refractivity contribution is 7.21. The van der Waals surface area contributed by atoms with Crippen molar-refractivity contribution in [1.82, 2.24) is 15.0 Å². The Hall–Kier alpha value is -3.55. The van der Waals surface area contributed by atoms with Crippen LogP contribution in [0.4, 0.5) is 23.3 Å². The molecule has 0 bridgehead atoms. The van der Waals surface area contributed by atoms with Gasteiger partial charge < -0.3 is 10.6 Å². The molecule has 0 atom stereocenters. The molecule has 0 spiro atoms. The number of fused-ring (bicyclic) bond motifs is 1. The van der Waals surface area contributed by atoms with Gasteiger partial charge in [0.25, 0.3) is 5.01 Å². The summed E-state index contributed by atoms with van der Waals surface area (Å²) in [5.74, 6) is 0.752. The number of halogens is 1. The van der Waals surface area contributed by atoms with Crippen LogP contribution in [0.25, 0.3) is 20.8 Å². The molecule has 0 radical (unpaired) electrons. The van der Waals surface area contributed by atoms with Gasteiger partial charge in [-0.1, -0.05) is 35.6 Å².